The molecule has 0 aliphatic carbocycles. The lowest BCUT2D eigenvalue weighted by Crippen LogP contribution is -2.03. The first kappa shape index (κ1) is 10.9. The summed E-state index contributed by atoms with van der Waals surface area (Å²) in [7, 11) is -3.88. The number of hydrogen-bond acceptors (Lipinski definition) is 2. The van der Waals surface area contributed by atoms with Gasteiger partial charge in [-0.2, -0.15) is 0 Å². The van der Waals surface area contributed by atoms with Crippen molar-refractivity contribution >= 4 is 37.4 Å². The Hall–Kier alpha value is -0.130. The van der Waals surface area contributed by atoms with E-state index in [1.165, 1.54) is 12.1 Å². The van der Waals surface area contributed by atoms with E-state index < -0.39 is 15.8 Å². The smallest absolute Gasteiger partial charge is 0.208 e. The molecule has 0 saturated heterocycles. The molecule has 0 aliphatic heterocycles. The Morgan fingerprint density at radius 2 is 2.08 bits per heavy atom. The second-order valence-electron chi connectivity index (χ2n) is 2.28. The molecule has 0 bridgehead atoms. The molecule has 0 unspecified atom stereocenters. The van der Waals surface area contributed by atoms with Crippen LogP contribution in [0.3, 0.4) is 0 Å². The summed E-state index contributed by atoms with van der Waals surface area (Å²) in [5, 5.41) is 0.0140. The first-order chi connectivity index (χ1) is 5.99. The lowest BCUT2D eigenvalue weighted by molar-refractivity contribution is 0.534. The summed E-state index contributed by atoms with van der Waals surface area (Å²) in [5.74, 6) is 0. The molecule has 0 aromatic heterocycles. The maximum Gasteiger partial charge on any atom is 0.208 e. The fourth-order valence-electron chi connectivity index (χ4n) is 0.783. The van der Waals surface area contributed by atoms with Gasteiger partial charge in [-0.05, 0) is 28.1 Å². The van der Waals surface area contributed by atoms with Crippen molar-refractivity contribution in [1.29, 1.82) is 0 Å². The Labute approximate surface area is 88.8 Å². The fourth-order valence-corrected chi connectivity index (χ4v) is 2.55. The molecule has 2 nitrogen and oxygen atoms in total. The lowest BCUT2D eigenvalue weighted by atomic mass is 10.4. The highest BCUT2D eigenvalue weighted by Crippen LogP contribution is 2.29. The van der Waals surface area contributed by atoms with E-state index in [0.29, 0.717) is 4.47 Å². The fraction of sp³-hybridized carbons (Fsp3) is 0.143. The molecule has 0 saturated carbocycles. The molecule has 0 radical (unpaired) electrons. The minimum absolute atomic E-state index is 0.0140. The van der Waals surface area contributed by atoms with E-state index in [4.69, 9.17) is 11.6 Å². The van der Waals surface area contributed by atoms with Gasteiger partial charge >= 0.3 is 0 Å². The summed E-state index contributed by atoms with van der Waals surface area (Å²) in [6, 6.07) is 2.89. The van der Waals surface area contributed by atoms with Crippen molar-refractivity contribution in [3.8, 4) is 0 Å². The first-order valence-corrected chi connectivity index (χ1v) is 6.04. The maximum atomic E-state index is 12.1. The zero-order valence-electron chi connectivity index (χ0n) is 6.30. The van der Waals surface area contributed by atoms with Crippen LogP contribution in [0.15, 0.2) is 27.6 Å². The molecule has 13 heavy (non-hydrogen) atoms. The molecule has 0 amide bonds. The topological polar surface area (TPSA) is 34.1 Å². The van der Waals surface area contributed by atoms with E-state index in [0.717, 1.165) is 0 Å². The minimum Gasteiger partial charge on any atom is -0.233 e. The monoisotopic (exact) mass is 286 g/mol. The van der Waals surface area contributed by atoms with Crippen molar-refractivity contribution in [3.63, 3.8) is 0 Å². The van der Waals surface area contributed by atoms with E-state index in [9.17, 15) is 12.8 Å². The Morgan fingerprint density at radius 1 is 1.46 bits per heavy atom. The molecule has 0 N–H and O–H groups in total. The standard InChI is InChI=1S/C7H5BrClFO2S/c8-5-2-1-3-6(7(5)9)13(11,12)4-10/h1-3H,4H2. The van der Waals surface area contributed by atoms with Crippen LogP contribution in [-0.2, 0) is 9.84 Å². The van der Waals surface area contributed by atoms with Crippen molar-refractivity contribution in [3.05, 3.63) is 27.7 Å². The first-order valence-electron chi connectivity index (χ1n) is 3.22. The van der Waals surface area contributed by atoms with Crippen LogP contribution in [0.25, 0.3) is 0 Å². The zero-order chi connectivity index (χ0) is 10.1. The van der Waals surface area contributed by atoms with Gasteiger partial charge in [-0.25, -0.2) is 12.8 Å². The van der Waals surface area contributed by atoms with Crippen molar-refractivity contribution < 1.29 is 12.8 Å². The lowest BCUT2D eigenvalue weighted by Gasteiger charge is -2.03. The second-order valence-corrected chi connectivity index (χ2v) is 5.40. The van der Waals surface area contributed by atoms with Gasteiger partial charge in [0.1, 0.15) is 0 Å². The molecule has 0 heterocycles. The molecular formula is C7H5BrClFO2S. The van der Waals surface area contributed by atoms with Gasteiger partial charge < -0.3 is 0 Å². The Kier molecular flexibility index (Phi) is 3.32. The van der Waals surface area contributed by atoms with E-state index in [1.54, 1.807) is 6.07 Å². The summed E-state index contributed by atoms with van der Waals surface area (Å²) >= 11 is 8.71. The number of rotatable bonds is 2. The van der Waals surface area contributed by atoms with Gasteiger partial charge in [-0.1, -0.05) is 17.7 Å². The van der Waals surface area contributed by atoms with Crippen LogP contribution in [0.4, 0.5) is 4.39 Å². The number of benzene rings is 1. The normalized spacial score (nSPS) is 11.6. The van der Waals surface area contributed by atoms with Crippen LogP contribution in [0.2, 0.25) is 5.02 Å². The number of halogens is 3. The van der Waals surface area contributed by atoms with Gasteiger partial charge in [0.15, 0.2) is 6.01 Å². The number of hydrogen-bond donors (Lipinski definition) is 0. The summed E-state index contributed by atoms with van der Waals surface area (Å²) in [5.41, 5.74) is 0. The molecule has 1 rings (SSSR count). The van der Waals surface area contributed by atoms with Crippen LogP contribution in [0.1, 0.15) is 0 Å². The summed E-state index contributed by atoms with van der Waals surface area (Å²) in [4.78, 5) is -0.189. The Balaban J connectivity index is 3.40. The van der Waals surface area contributed by atoms with E-state index >= 15 is 0 Å². The van der Waals surface area contributed by atoms with Gasteiger partial charge in [0.25, 0.3) is 0 Å². The average Bonchev–Trinajstić information content (AvgIpc) is 2.09. The van der Waals surface area contributed by atoms with Crippen molar-refractivity contribution in [1.82, 2.24) is 0 Å². The maximum absolute atomic E-state index is 12.1. The van der Waals surface area contributed by atoms with E-state index in [2.05, 4.69) is 15.9 Å². The van der Waals surface area contributed by atoms with Crippen LogP contribution < -0.4 is 0 Å². The van der Waals surface area contributed by atoms with E-state index in [-0.39, 0.29) is 9.92 Å². The van der Waals surface area contributed by atoms with Gasteiger partial charge in [0.05, 0.1) is 9.92 Å². The number of alkyl halides is 1. The van der Waals surface area contributed by atoms with Crippen LogP contribution in [-0.4, -0.2) is 14.4 Å². The van der Waals surface area contributed by atoms with Gasteiger partial charge in [0, 0.05) is 4.47 Å². The zero-order valence-corrected chi connectivity index (χ0v) is 9.46. The predicted molar refractivity (Wildman–Crippen MR) is 52.3 cm³/mol. The minimum atomic E-state index is -3.88. The van der Waals surface area contributed by atoms with Crippen LogP contribution >= 0.6 is 27.5 Å². The number of sulfone groups is 1. The van der Waals surface area contributed by atoms with Gasteiger partial charge in [-0.15, -0.1) is 0 Å². The summed E-state index contributed by atoms with van der Waals surface area (Å²) < 4.78 is 34.7. The predicted octanol–water partition coefficient (Wildman–Crippen LogP) is 2.80. The highest BCUT2D eigenvalue weighted by Gasteiger charge is 2.18. The molecule has 6 heteroatoms. The molecule has 0 fully saturated rings. The second kappa shape index (κ2) is 3.94. The molecule has 1 aromatic rings. The third-order valence-corrected chi connectivity index (χ3v) is 4.10. The third kappa shape index (κ3) is 2.21. The molecule has 0 aliphatic rings. The SMILES string of the molecule is O=S(=O)(CF)c1cccc(Br)c1Cl. The quantitative estimate of drug-likeness (QED) is 0.838. The molecular weight excluding hydrogens is 282 g/mol. The molecule has 0 atom stereocenters. The highest BCUT2D eigenvalue weighted by atomic mass is 79.9. The van der Waals surface area contributed by atoms with Crippen molar-refractivity contribution in [2.75, 3.05) is 6.01 Å². The van der Waals surface area contributed by atoms with Crippen molar-refractivity contribution in [2.45, 2.75) is 4.90 Å². The molecule has 1 aromatic carbocycles. The molecule has 0 spiro atoms. The Bertz CT molecular complexity index is 419. The average molecular weight is 288 g/mol. The Morgan fingerprint density at radius 3 is 2.62 bits per heavy atom. The van der Waals surface area contributed by atoms with Gasteiger partial charge in [-0.3, -0.25) is 0 Å². The van der Waals surface area contributed by atoms with Gasteiger partial charge in [0.2, 0.25) is 9.84 Å². The molecule has 72 valence electrons. The van der Waals surface area contributed by atoms with Crippen LogP contribution in [0.5, 0.6) is 0 Å². The van der Waals surface area contributed by atoms with E-state index in [1.807, 2.05) is 0 Å². The van der Waals surface area contributed by atoms with Crippen LogP contribution in [0, 0.1) is 0 Å². The highest BCUT2D eigenvalue weighted by molar-refractivity contribution is 9.10. The summed E-state index contributed by atoms with van der Waals surface area (Å²) in [6.07, 6.45) is 0. The van der Waals surface area contributed by atoms with Crippen molar-refractivity contribution in [2.24, 2.45) is 0 Å². The summed E-state index contributed by atoms with van der Waals surface area (Å²) in [6.45, 7) is 0. The largest absolute Gasteiger partial charge is 0.233 e. The third-order valence-electron chi connectivity index (χ3n) is 1.39.